The van der Waals surface area contributed by atoms with Crippen molar-refractivity contribution < 1.29 is 24.5 Å². The molecular formula is C15H23NO5. The minimum Gasteiger partial charge on any atom is -0.479 e. The largest absolute Gasteiger partial charge is 0.479 e. The fourth-order valence-corrected chi connectivity index (χ4v) is 1.95. The van der Waals surface area contributed by atoms with Gasteiger partial charge in [-0.3, -0.25) is 0 Å². The number of amides is 1. The first-order chi connectivity index (χ1) is 9.69. The third-order valence-corrected chi connectivity index (χ3v) is 2.86. The monoisotopic (exact) mass is 297 g/mol. The van der Waals surface area contributed by atoms with Crippen LogP contribution < -0.4 is 5.32 Å². The van der Waals surface area contributed by atoms with Gasteiger partial charge in [0.25, 0.3) is 0 Å². The predicted octanol–water partition coefficient (Wildman–Crippen LogP) is 1.99. The summed E-state index contributed by atoms with van der Waals surface area (Å²) in [7, 11) is 0. The Hall–Kier alpha value is -1.82. The average Bonchev–Trinajstić information content (AvgIpc) is 2.36. The van der Waals surface area contributed by atoms with Gasteiger partial charge in [-0.2, -0.15) is 0 Å². The Morgan fingerprint density at radius 1 is 1.38 bits per heavy atom. The Balaban J connectivity index is 2.73. The number of carbonyl (C=O) groups is 2. The standard InChI is InChI=1S/C15H23NO5/c1-15(2,3)21-14(20)16-11(12(17)13(18)19)9-10-7-5-4-6-8-10/h5,7-8,11-12,17H,4,6,9H2,1-3H3,(H,16,20)(H,18,19)/t11-,12?/m0/s1. The number of aliphatic hydroxyl groups excluding tert-OH is 1. The normalized spacial score (nSPS) is 17.6. The van der Waals surface area contributed by atoms with E-state index < -0.39 is 29.8 Å². The van der Waals surface area contributed by atoms with Crippen LogP contribution in [-0.4, -0.2) is 40.0 Å². The molecule has 1 amide bonds. The molecule has 0 aromatic carbocycles. The first kappa shape index (κ1) is 17.2. The summed E-state index contributed by atoms with van der Waals surface area (Å²) in [5, 5.41) is 21.1. The van der Waals surface area contributed by atoms with E-state index in [0.29, 0.717) is 0 Å². The van der Waals surface area contributed by atoms with E-state index in [9.17, 15) is 14.7 Å². The summed E-state index contributed by atoms with van der Waals surface area (Å²) in [6.07, 6.45) is 5.45. The lowest BCUT2D eigenvalue weighted by Crippen LogP contribution is -2.48. The van der Waals surface area contributed by atoms with Gasteiger partial charge in [-0.1, -0.05) is 23.8 Å². The zero-order valence-corrected chi connectivity index (χ0v) is 12.6. The summed E-state index contributed by atoms with van der Waals surface area (Å²) in [5.74, 6) is -1.38. The number of aliphatic carboxylic acids is 1. The van der Waals surface area contributed by atoms with E-state index in [4.69, 9.17) is 9.84 Å². The number of ether oxygens (including phenoxy) is 1. The first-order valence-corrected chi connectivity index (χ1v) is 6.95. The number of allylic oxidation sites excluding steroid dienone is 3. The maximum atomic E-state index is 11.8. The number of aliphatic hydroxyl groups is 1. The molecule has 0 saturated carbocycles. The second-order valence-corrected chi connectivity index (χ2v) is 6.00. The number of alkyl carbamates (subject to hydrolysis) is 1. The lowest BCUT2D eigenvalue weighted by atomic mass is 9.97. The van der Waals surface area contributed by atoms with Gasteiger partial charge in [0, 0.05) is 0 Å². The van der Waals surface area contributed by atoms with Crippen LogP contribution in [-0.2, 0) is 9.53 Å². The number of hydrogen-bond acceptors (Lipinski definition) is 4. The third kappa shape index (κ3) is 6.44. The summed E-state index contributed by atoms with van der Waals surface area (Å²) in [6, 6.07) is -0.939. The van der Waals surface area contributed by atoms with E-state index in [1.165, 1.54) is 0 Å². The topological polar surface area (TPSA) is 95.9 Å². The summed E-state index contributed by atoms with van der Waals surface area (Å²) in [6.45, 7) is 5.13. The molecule has 6 nitrogen and oxygen atoms in total. The summed E-state index contributed by atoms with van der Waals surface area (Å²) in [5.41, 5.74) is 0.204. The molecule has 6 heteroatoms. The van der Waals surface area contributed by atoms with Crippen LogP contribution in [0.3, 0.4) is 0 Å². The molecule has 0 spiro atoms. The van der Waals surface area contributed by atoms with Crippen LogP contribution in [0.2, 0.25) is 0 Å². The molecule has 3 N–H and O–H groups in total. The lowest BCUT2D eigenvalue weighted by molar-refractivity contribution is -0.148. The van der Waals surface area contributed by atoms with Crippen molar-refractivity contribution in [2.24, 2.45) is 0 Å². The quantitative estimate of drug-likeness (QED) is 0.721. The summed E-state index contributed by atoms with van der Waals surface area (Å²) < 4.78 is 5.10. The first-order valence-electron chi connectivity index (χ1n) is 6.95. The van der Waals surface area contributed by atoms with Crippen LogP contribution >= 0.6 is 0 Å². The van der Waals surface area contributed by atoms with Crippen molar-refractivity contribution in [2.45, 2.75) is 57.8 Å². The SMILES string of the molecule is CC(C)(C)OC(=O)N[C@@H](CC1=CCCC=C1)C(O)C(=O)O. The van der Waals surface area contributed by atoms with E-state index in [2.05, 4.69) is 5.32 Å². The molecule has 118 valence electrons. The van der Waals surface area contributed by atoms with Gasteiger partial charge in [0.1, 0.15) is 5.60 Å². The molecule has 0 saturated heterocycles. The molecule has 1 aliphatic carbocycles. The van der Waals surface area contributed by atoms with Crippen LogP contribution in [0, 0.1) is 0 Å². The molecule has 21 heavy (non-hydrogen) atoms. The van der Waals surface area contributed by atoms with E-state index in [1.54, 1.807) is 20.8 Å². The Bertz CT molecular complexity index is 447. The van der Waals surface area contributed by atoms with Crippen LogP contribution in [0.5, 0.6) is 0 Å². The van der Waals surface area contributed by atoms with Gasteiger partial charge in [-0.05, 0) is 40.0 Å². The molecule has 1 aliphatic rings. The molecular weight excluding hydrogens is 274 g/mol. The molecule has 0 aliphatic heterocycles. The average molecular weight is 297 g/mol. The van der Waals surface area contributed by atoms with Crippen molar-refractivity contribution in [2.75, 3.05) is 0 Å². The Morgan fingerprint density at radius 2 is 2.05 bits per heavy atom. The molecule has 0 radical (unpaired) electrons. The lowest BCUT2D eigenvalue weighted by Gasteiger charge is -2.25. The van der Waals surface area contributed by atoms with Gasteiger partial charge >= 0.3 is 12.1 Å². The van der Waals surface area contributed by atoms with Gasteiger partial charge in [0.15, 0.2) is 6.10 Å². The number of rotatable bonds is 5. The minimum atomic E-state index is -1.69. The smallest absolute Gasteiger partial charge is 0.407 e. The van der Waals surface area contributed by atoms with Gasteiger partial charge in [-0.25, -0.2) is 9.59 Å². The van der Waals surface area contributed by atoms with Gasteiger partial charge in [-0.15, -0.1) is 0 Å². The third-order valence-electron chi connectivity index (χ3n) is 2.86. The molecule has 1 rings (SSSR count). The second-order valence-electron chi connectivity index (χ2n) is 6.00. The number of carboxylic acid groups (broad SMARTS) is 1. The zero-order valence-electron chi connectivity index (χ0n) is 12.6. The highest BCUT2D eigenvalue weighted by atomic mass is 16.6. The highest BCUT2D eigenvalue weighted by molar-refractivity contribution is 5.75. The van der Waals surface area contributed by atoms with Crippen molar-refractivity contribution in [1.29, 1.82) is 0 Å². The molecule has 1 unspecified atom stereocenters. The maximum Gasteiger partial charge on any atom is 0.407 e. The molecule has 0 bridgehead atoms. The highest BCUT2D eigenvalue weighted by Gasteiger charge is 2.29. The minimum absolute atomic E-state index is 0.239. The summed E-state index contributed by atoms with van der Waals surface area (Å²) >= 11 is 0. The van der Waals surface area contributed by atoms with Crippen molar-refractivity contribution >= 4 is 12.1 Å². The molecule has 2 atom stereocenters. The van der Waals surface area contributed by atoms with Gasteiger partial charge in [0.05, 0.1) is 6.04 Å². The fourth-order valence-electron chi connectivity index (χ4n) is 1.95. The van der Waals surface area contributed by atoms with Crippen molar-refractivity contribution in [3.05, 3.63) is 23.8 Å². The van der Waals surface area contributed by atoms with Crippen LogP contribution in [0.15, 0.2) is 23.8 Å². The fraction of sp³-hybridized carbons (Fsp3) is 0.600. The van der Waals surface area contributed by atoms with E-state index in [1.807, 2.05) is 18.2 Å². The van der Waals surface area contributed by atoms with E-state index >= 15 is 0 Å². The predicted molar refractivity (Wildman–Crippen MR) is 77.9 cm³/mol. The van der Waals surface area contributed by atoms with Crippen LogP contribution in [0.1, 0.15) is 40.0 Å². The molecule has 0 fully saturated rings. The number of carboxylic acids is 1. The van der Waals surface area contributed by atoms with Gasteiger partial charge in [0.2, 0.25) is 0 Å². The Kier molecular flexibility index (Phi) is 5.96. The second kappa shape index (κ2) is 7.26. The molecule has 0 heterocycles. The summed E-state index contributed by atoms with van der Waals surface area (Å²) in [4.78, 5) is 22.7. The number of hydrogen-bond donors (Lipinski definition) is 3. The van der Waals surface area contributed by atoms with Crippen molar-refractivity contribution in [3.63, 3.8) is 0 Å². The number of nitrogens with one attached hydrogen (secondary N) is 1. The van der Waals surface area contributed by atoms with Crippen LogP contribution in [0.25, 0.3) is 0 Å². The van der Waals surface area contributed by atoms with Crippen molar-refractivity contribution in [1.82, 2.24) is 5.32 Å². The number of carbonyl (C=O) groups excluding carboxylic acids is 1. The van der Waals surface area contributed by atoms with Crippen molar-refractivity contribution in [3.8, 4) is 0 Å². The highest BCUT2D eigenvalue weighted by Crippen LogP contribution is 2.17. The van der Waals surface area contributed by atoms with Gasteiger partial charge < -0.3 is 20.3 Å². The Morgan fingerprint density at radius 3 is 2.52 bits per heavy atom. The van der Waals surface area contributed by atoms with E-state index in [0.717, 1.165) is 18.4 Å². The Labute approximate surface area is 124 Å². The maximum absolute atomic E-state index is 11.8. The molecule has 0 aromatic rings. The zero-order chi connectivity index (χ0) is 16.0. The molecule has 0 aromatic heterocycles. The van der Waals surface area contributed by atoms with Crippen LogP contribution in [0.4, 0.5) is 4.79 Å². The van der Waals surface area contributed by atoms with E-state index in [-0.39, 0.29) is 6.42 Å².